The number of phenolic OH excluding ortho intramolecular Hbond substituents is 1. The van der Waals surface area contributed by atoms with Crippen molar-refractivity contribution >= 4 is 28.5 Å². The first kappa shape index (κ1) is 29.1. The third-order valence-corrected chi connectivity index (χ3v) is 8.94. The van der Waals surface area contributed by atoms with Crippen LogP contribution in [0, 0.1) is 11.3 Å². The van der Waals surface area contributed by atoms with Crippen LogP contribution in [-0.2, 0) is 30.2 Å². The molecule has 0 aliphatic heterocycles. The van der Waals surface area contributed by atoms with E-state index in [1.165, 1.54) is 4.88 Å². The predicted octanol–water partition coefficient (Wildman–Crippen LogP) is 8.47. The molecule has 0 fully saturated rings. The van der Waals surface area contributed by atoms with Gasteiger partial charge in [-0.3, -0.25) is 4.79 Å². The van der Waals surface area contributed by atoms with Gasteiger partial charge in [-0.05, 0) is 76.8 Å². The van der Waals surface area contributed by atoms with E-state index in [1.54, 1.807) is 17.6 Å². The Morgan fingerprint density at radius 1 is 1.10 bits per heavy atom. The molecule has 2 heterocycles. The van der Waals surface area contributed by atoms with E-state index in [4.69, 9.17) is 9.41 Å². The molecular weight excluding hydrogens is 504 g/mol. The van der Waals surface area contributed by atoms with E-state index in [-0.39, 0.29) is 22.2 Å². The maximum Gasteiger partial charge on any atom is 0.255 e. The lowest BCUT2D eigenvalue weighted by molar-refractivity contribution is 0.0947. The molecule has 39 heavy (non-hydrogen) atoms. The minimum atomic E-state index is -0.227. The molecule has 0 saturated heterocycles. The summed E-state index contributed by atoms with van der Waals surface area (Å²) in [5.74, 6) is 1.53. The van der Waals surface area contributed by atoms with Gasteiger partial charge in [0.15, 0.2) is 0 Å². The zero-order chi connectivity index (χ0) is 28.8. The summed E-state index contributed by atoms with van der Waals surface area (Å²) in [5.41, 5.74) is 4.30. The maximum absolute atomic E-state index is 13.5. The average molecular weight is 549 g/mol. The lowest BCUT2D eigenvalue weighted by Gasteiger charge is -2.33. The number of fused-ring (bicyclic) bond motifs is 1. The molecule has 0 saturated carbocycles. The van der Waals surface area contributed by atoms with Crippen LogP contribution >= 0.6 is 11.3 Å². The zero-order valence-corrected chi connectivity index (χ0v) is 25.8. The summed E-state index contributed by atoms with van der Waals surface area (Å²) >= 11 is 1.64. The van der Waals surface area contributed by atoms with Gasteiger partial charge >= 0.3 is 0 Å². The Labute approximate surface area is 237 Å². The van der Waals surface area contributed by atoms with Gasteiger partial charge in [-0.1, -0.05) is 62.3 Å². The monoisotopic (exact) mass is 548 g/mol. The third kappa shape index (κ3) is 6.49. The SMILES string of the molecule is CC(C)(C)c1cc(C=Nc2sc3c(c2C(=O)NCc2ccco2)CC[C@H](C(C)(C)C)C3)cc(C(C)(C)C)c1O. The summed E-state index contributed by atoms with van der Waals surface area (Å²) in [5, 5.41) is 14.9. The van der Waals surface area contributed by atoms with Crippen molar-refractivity contribution in [2.45, 2.75) is 99.0 Å². The summed E-state index contributed by atoms with van der Waals surface area (Å²) in [6.45, 7) is 19.9. The number of nitrogens with zero attached hydrogens (tertiary/aromatic N) is 1. The van der Waals surface area contributed by atoms with E-state index in [0.717, 1.165) is 52.3 Å². The van der Waals surface area contributed by atoms with Crippen molar-refractivity contribution in [3.05, 3.63) is 69.0 Å². The van der Waals surface area contributed by atoms with Gasteiger partial charge < -0.3 is 14.8 Å². The van der Waals surface area contributed by atoms with Gasteiger partial charge in [0.05, 0.1) is 18.4 Å². The van der Waals surface area contributed by atoms with Crippen molar-refractivity contribution in [2.75, 3.05) is 0 Å². The van der Waals surface area contributed by atoms with Crippen LogP contribution in [0.5, 0.6) is 5.75 Å². The predicted molar refractivity (Wildman–Crippen MR) is 162 cm³/mol. The summed E-state index contributed by atoms with van der Waals surface area (Å²) in [6, 6.07) is 7.73. The van der Waals surface area contributed by atoms with Crippen LogP contribution < -0.4 is 5.32 Å². The van der Waals surface area contributed by atoms with Crippen LogP contribution in [0.25, 0.3) is 0 Å². The molecule has 2 N–H and O–H groups in total. The second kappa shape index (κ2) is 10.6. The highest BCUT2D eigenvalue weighted by molar-refractivity contribution is 7.16. The van der Waals surface area contributed by atoms with Gasteiger partial charge in [0.25, 0.3) is 5.91 Å². The molecule has 2 aromatic heterocycles. The number of hydrogen-bond acceptors (Lipinski definition) is 5. The van der Waals surface area contributed by atoms with Crippen molar-refractivity contribution in [1.29, 1.82) is 0 Å². The van der Waals surface area contributed by atoms with Gasteiger partial charge in [0.1, 0.15) is 16.5 Å². The third-order valence-electron chi connectivity index (χ3n) is 7.78. The molecule has 0 radical (unpaired) electrons. The highest BCUT2D eigenvalue weighted by Gasteiger charge is 2.34. The number of aromatic hydroxyl groups is 1. The van der Waals surface area contributed by atoms with Gasteiger partial charge in [-0.25, -0.2) is 4.99 Å². The minimum Gasteiger partial charge on any atom is -0.507 e. The highest BCUT2D eigenvalue weighted by atomic mass is 32.1. The highest BCUT2D eigenvalue weighted by Crippen LogP contribution is 2.45. The van der Waals surface area contributed by atoms with Crippen molar-refractivity contribution < 1.29 is 14.3 Å². The summed E-state index contributed by atoms with van der Waals surface area (Å²) in [4.78, 5) is 19.8. The van der Waals surface area contributed by atoms with Gasteiger partial charge in [0.2, 0.25) is 0 Å². The Morgan fingerprint density at radius 2 is 1.74 bits per heavy atom. The molecule has 3 aromatic rings. The number of carbonyl (C=O) groups is 1. The first-order chi connectivity index (χ1) is 18.1. The summed E-state index contributed by atoms with van der Waals surface area (Å²) in [7, 11) is 0. The lowest BCUT2D eigenvalue weighted by Crippen LogP contribution is -2.28. The topological polar surface area (TPSA) is 74.8 Å². The standard InChI is InChI=1S/C33H44N2O3S/c1-31(2,3)21-12-13-23-26(17-21)39-30(27(23)29(37)34-19-22-11-10-14-38-22)35-18-20-15-24(32(4,5)6)28(36)25(16-20)33(7,8)9/h10-11,14-16,18,21,36H,12-13,17,19H2,1-9H3,(H,34,37)/t21-/m0/s1. The second-order valence-corrected chi connectivity index (χ2v) is 15.1. The quantitative estimate of drug-likeness (QED) is 0.314. The molecule has 1 atom stereocenters. The van der Waals surface area contributed by atoms with Crippen LogP contribution in [-0.4, -0.2) is 17.2 Å². The van der Waals surface area contributed by atoms with Gasteiger partial charge in [-0.15, -0.1) is 11.3 Å². The van der Waals surface area contributed by atoms with Crippen LogP contribution in [0.15, 0.2) is 39.9 Å². The molecule has 6 heteroatoms. The lowest BCUT2D eigenvalue weighted by atomic mass is 9.72. The molecule has 1 aliphatic carbocycles. The molecule has 0 spiro atoms. The van der Waals surface area contributed by atoms with Crippen molar-refractivity contribution in [1.82, 2.24) is 5.32 Å². The fourth-order valence-corrected chi connectivity index (χ4v) is 6.58. The Morgan fingerprint density at radius 3 is 2.28 bits per heavy atom. The fourth-order valence-electron chi connectivity index (χ4n) is 5.31. The molecule has 4 rings (SSSR count). The number of rotatable bonds is 5. The molecule has 0 unspecified atom stereocenters. The average Bonchev–Trinajstić information content (AvgIpc) is 3.47. The number of nitrogens with one attached hydrogen (secondary N) is 1. The number of thiophene rings is 1. The van der Waals surface area contributed by atoms with E-state index in [2.05, 4.69) is 67.6 Å². The fraction of sp³-hybridized carbons (Fsp3) is 0.515. The van der Waals surface area contributed by atoms with Crippen LogP contribution in [0.2, 0.25) is 0 Å². The number of phenols is 1. The van der Waals surface area contributed by atoms with Crippen LogP contribution in [0.3, 0.4) is 0 Å². The number of aliphatic imine (C=N–C) groups is 1. The first-order valence-electron chi connectivity index (χ1n) is 13.9. The molecular formula is C33H44N2O3S. The molecule has 5 nitrogen and oxygen atoms in total. The zero-order valence-electron chi connectivity index (χ0n) is 25.0. The Hall–Kier alpha value is -2.86. The Balaban J connectivity index is 1.75. The molecule has 210 valence electrons. The van der Waals surface area contributed by atoms with Crippen LogP contribution in [0.4, 0.5) is 5.00 Å². The summed E-state index contributed by atoms with van der Waals surface area (Å²) < 4.78 is 5.43. The van der Waals surface area contributed by atoms with Crippen molar-refractivity contribution in [3.8, 4) is 5.75 Å². The first-order valence-corrected chi connectivity index (χ1v) is 14.7. The number of furan rings is 1. The Kier molecular flexibility index (Phi) is 7.92. The van der Waals surface area contributed by atoms with Gasteiger partial charge in [0, 0.05) is 22.2 Å². The van der Waals surface area contributed by atoms with E-state index in [1.807, 2.05) is 30.5 Å². The molecule has 0 bridgehead atoms. The largest absolute Gasteiger partial charge is 0.507 e. The number of carbonyl (C=O) groups excluding carboxylic acids is 1. The van der Waals surface area contributed by atoms with E-state index >= 15 is 0 Å². The maximum atomic E-state index is 13.5. The van der Waals surface area contributed by atoms with Crippen LogP contribution in [0.1, 0.15) is 112 Å². The smallest absolute Gasteiger partial charge is 0.255 e. The second-order valence-electron chi connectivity index (χ2n) is 14.0. The summed E-state index contributed by atoms with van der Waals surface area (Å²) in [6.07, 6.45) is 6.39. The van der Waals surface area contributed by atoms with Gasteiger partial charge in [-0.2, -0.15) is 0 Å². The van der Waals surface area contributed by atoms with E-state index in [9.17, 15) is 9.90 Å². The molecule has 1 amide bonds. The minimum absolute atomic E-state index is 0.110. The van der Waals surface area contributed by atoms with E-state index in [0.29, 0.717) is 23.8 Å². The number of amides is 1. The number of hydrogen-bond donors (Lipinski definition) is 2. The molecule has 1 aliphatic rings. The number of benzene rings is 1. The Bertz CT molecular complexity index is 1320. The molecule has 1 aromatic carbocycles. The van der Waals surface area contributed by atoms with Crippen molar-refractivity contribution in [2.24, 2.45) is 16.3 Å². The normalized spacial score (nSPS) is 16.5. The van der Waals surface area contributed by atoms with E-state index < -0.39 is 0 Å². The van der Waals surface area contributed by atoms with Crippen molar-refractivity contribution in [3.63, 3.8) is 0 Å².